The van der Waals surface area contributed by atoms with Crippen LogP contribution in [0.5, 0.6) is 0 Å². The van der Waals surface area contributed by atoms with Crippen LogP contribution in [0.1, 0.15) is 23.2 Å². The lowest BCUT2D eigenvalue weighted by atomic mass is 9.88. The summed E-state index contributed by atoms with van der Waals surface area (Å²) < 4.78 is 13.9. The topological polar surface area (TPSA) is 32.9 Å². The van der Waals surface area contributed by atoms with E-state index in [1.807, 2.05) is 18.2 Å². The minimum atomic E-state index is -0.305. The third-order valence-corrected chi connectivity index (χ3v) is 5.78. The van der Waals surface area contributed by atoms with E-state index in [1.54, 1.807) is 12.1 Å². The highest BCUT2D eigenvalue weighted by Gasteiger charge is 2.36. The molecule has 138 valence electrons. The first-order valence-corrected chi connectivity index (χ1v) is 9.44. The Bertz CT molecular complexity index is 923. The molecule has 27 heavy (non-hydrogen) atoms. The van der Waals surface area contributed by atoms with Gasteiger partial charge in [-0.1, -0.05) is 30.3 Å². The molecule has 4 heteroatoms. The number of aromatic nitrogens is 1. The fourth-order valence-corrected chi connectivity index (χ4v) is 3.98. The van der Waals surface area contributed by atoms with Crippen molar-refractivity contribution in [1.29, 1.82) is 0 Å². The molecule has 1 aliphatic rings. The normalized spacial score (nSPS) is 22.5. The number of nitrogens with zero attached hydrogens (tertiary/aromatic N) is 1. The third-order valence-electron chi connectivity index (χ3n) is 5.78. The maximum absolute atomic E-state index is 13.1. The average Bonchev–Trinajstić information content (AvgIpc) is 3.21. The van der Waals surface area contributed by atoms with Crippen molar-refractivity contribution in [2.45, 2.75) is 12.8 Å². The molecule has 2 heterocycles. The Morgan fingerprint density at radius 1 is 0.963 bits per heavy atom. The Hall–Kier alpha value is -2.72. The highest BCUT2D eigenvalue weighted by atomic mass is 19.1. The zero-order chi connectivity index (χ0) is 18.9. The van der Waals surface area contributed by atoms with E-state index in [2.05, 4.69) is 36.3 Å². The summed E-state index contributed by atoms with van der Waals surface area (Å²) in [4.78, 5) is 16.3. The molecule has 3 nitrogen and oxygen atoms in total. The molecule has 1 aromatic heterocycles. The van der Waals surface area contributed by atoms with E-state index in [1.165, 1.54) is 23.5 Å². The van der Waals surface area contributed by atoms with Gasteiger partial charge in [-0.15, -0.1) is 0 Å². The zero-order valence-corrected chi connectivity index (χ0v) is 15.5. The Morgan fingerprint density at radius 3 is 2.30 bits per heavy atom. The lowest BCUT2D eigenvalue weighted by Crippen LogP contribution is -2.52. The number of hydrogen-bond donors (Lipinski definition) is 1. The molecule has 1 aliphatic heterocycles. The summed E-state index contributed by atoms with van der Waals surface area (Å²) in [7, 11) is 2.22. The van der Waals surface area contributed by atoms with Gasteiger partial charge >= 0.3 is 0 Å². The monoisotopic (exact) mass is 363 g/mol. The summed E-state index contributed by atoms with van der Waals surface area (Å²) in [6.07, 6.45) is 1.68. The number of hydrogen-bond acceptors (Lipinski definition) is 1. The smallest absolute Gasteiger partial charge is 0.205 e. The van der Waals surface area contributed by atoms with Gasteiger partial charge in [-0.05, 0) is 35.9 Å². The van der Waals surface area contributed by atoms with Gasteiger partial charge in [-0.2, -0.15) is 0 Å². The number of benzene rings is 2. The van der Waals surface area contributed by atoms with Crippen LogP contribution < -0.4 is 4.48 Å². The van der Waals surface area contributed by atoms with Crippen molar-refractivity contribution < 1.29 is 9.18 Å². The first kappa shape index (κ1) is 17.7. The van der Waals surface area contributed by atoms with Crippen molar-refractivity contribution in [3.05, 3.63) is 78.1 Å². The Balaban J connectivity index is 1.46. The van der Waals surface area contributed by atoms with E-state index < -0.39 is 0 Å². The van der Waals surface area contributed by atoms with Crippen molar-refractivity contribution in [2.75, 3.05) is 20.1 Å². The number of piperidine rings is 1. The van der Waals surface area contributed by atoms with E-state index >= 15 is 0 Å². The SMILES string of the molecule is C[N+]1(c2ccc(-c3ccccc3)[nH]2)CCC(C(=O)c2ccc(F)cc2)CC1. The van der Waals surface area contributed by atoms with Crippen LogP contribution in [0.15, 0.2) is 66.7 Å². The van der Waals surface area contributed by atoms with E-state index in [4.69, 9.17) is 0 Å². The first-order chi connectivity index (χ1) is 13.0. The van der Waals surface area contributed by atoms with Crippen molar-refractivity contribution in [3.8, 4) is 11.3 Å². The van der Waals surface area contributed by atoms with Crippen LogP contribution >= 0.6 is 0 Å². The molecule has 0 amide bonds. The summed E-state index contributed by atoms with van der Waals surface area (Å²) in [5, 5.41) is 0. The molecule has 0 saturated carbocycles. The van der Waals surface area contributed by atoms with Crippen molar-refractivity contribution in [2.24, 2.45) is 5.92 Å². The van der Waals surface area contributed by atoms with Gasteiger partial charge in [-0.25, -0.2) is 4.39 Å². The van der Waals surface area contributed by atoms with E-state index in [9.17, 15) is 9.18 Å². The first-order valence-electron chi connectivity index (χ1n) is 9.44. The maximum Gasteiger partial charge on any atom is 0.205 e. The summed E-state index contributed by atoms with van der Waals surface area (Å²) in [6, 6.07) is 20.5. The van der Waals surface area contributed by atoms with Gasteiger partial charge in [0.05, 0.1) is 25.8 Å². The minimum absolute atomic E-state index is 0.0187. The van der Waals surface area contributed by atoms with Gasteiger partial charge in [0.25, 0.3) is 0 Å². The summed E-state index contributed by atoms with van der Waals surface area (Å²) in [5.41, 5.74) is 2.91. The number of Topliss-reactive ketones (excluding diaryl/α,β-unsaturated/α-hetero) is 1. The van der Waals surface area contributed by atoms with Crippen molar-refractivity contribution in [1.82, 2.24) is 9.47 Å². The number of carbonyl (C=O) groups is 1. The molecule has 0 radical (unpaired) electrons. The molecule has 0 bridgehead atoms. The lowest BCUT2D eigenvalue weighted by molar-refractivity contribution is 0.0857. The van der Waals surface area contributed by atoms with E-state index in [0.717, 1.165) is 36.1 Å². The number of ketones is 1. The largest absolute Gasteiger partial charge is 0.311 e. The van der Waals surface area contributed by atoms with E-state index in [-0.39, 0.29) is 17.5 Å². The molecule has 0 aliphatic carbocycles. The molecular weight excluding hydrogens is 339 g/mol. The molecule has 3 aromatic rings. The molecule has 2 aromatic carbocycles. The Kier molecular flexibility index (Phi) is 4.66. The fraction of sp³-hybridized carbons (Fsp3) is 0.261. The summed E-state index contributed by atoms with van der Waals surface area (Å²) in [5.74, 6) is 1.03. The second-order valence-corrected chi connectivity index (χ2v) is 7.61. The van der Waals surface area contributed by atoms with E-state index in [0.29, 0.717) is 5.56 Å². The van der Waals surface area contributed by atoms with Crippen LogP contribution in [0.25, 0.3) is 11.3 Å². The standard InChI is InChI=1S/C23H24FN2O/c1-26(22-12-11-21(25-22)17-5-3-2-4-6-17)15-13-19(14-16-26)23(27)18-7-9-20(24)10-8-18/h2-12,19,25H,13-16H2,1H3/q+1. The number of carbonyl (C=O) groups excluding carboxylic acids is 1. The fourth-order valence-electron chi connectivity index (χ4n) is 3.98. The Labute approximate surface area is 159 Å². The quantitative estimate of drug-likeness (QED) is 0.511. The van der Waals surface area contributed by atoms with Gasteiger partial charge in [0.15, 0.2) is 5.78 Å². The van der Waals surface area contributed by atoms with Crippen molar-refractivity contribution in [3.63, 3.8) is 0 Å². The minimum Gasteiger partial charge on any atom is -0.311 e. The van der Waals surface area contributed by atoms with Crippen LogP contribution in [0, 0.1) is 11.7 Å². The van der Waals surface area contributed by atoms with Gasteiger partial charge in [0.1, 0.15) is 5.82 Å². The number of quaternary nitrogens is 1. The number of likely N-dealkylation sites (tertiary alicyclic amines) is 1. The molecule has 1 saturated heterocycles. The van der Waals surface area contributed by atoms with Crippen LogP contribution in [-0.2, 0) is 0 Å². The maximum atomic E-state index is 13.1. The second kappa shape index (κ2) is 7.12. The highest BCUT2D eigenvalue weighted by Crippen LogP contribution is 2.32. The van der Waals surface area contributed by atoms with Gasteiger partial charge < -0.3 is 4.98 Å². The van der Waals surface area contributed by atoms with Gasteiger partial charge in [0.2, 0.25) is 5.82 Å². The molecular formula is C23H24FN2O+. The summed E-state index contributed by atoms with van der Waals surface area (Å²) in [6.45, 7) is 1.82. The number of aromatic amines is 1. The number of H-pyrrole nitrogens is 1. The zero-order valence-electron chi connectivity index (χ0n) is 15.5. The van der Waals surface area contributed by atoms with Crippen molar-refractivity contribution >= 4 is 11.6 Å². The van der Waals surface area contributed by atoms with Crippen LogP contribution in [0.2, 0.25) is 0 Å². The molecule has 4 rings (SSSR count). The Morgan fingerprint density at radius 2 is 1.63 bits per heavy atom. The molecule has 1 N–H and O–H groups in total. The molecule has 0 atom stereocenters. The number of rotatable bonds is 4. The van der Waals surface area contributed by atoms with Gasteiger partial charge in [0, 0.05) is 30.4 Å². The van der Waals surface area contributed by atoms with Crippen LogP contribution in [0.4, 0.5) is 10.2 Å². The number of halogens is 1. The van der Waals surface area contributed by atoms with Crippen LogP contribution in [-0.4, -0.2) is 30.9 Å². The average molecular weight is 363 g/mol. The highest BCUT2D eigenvalue weighted by molar-refractivity contribution is 5.97. The van der Waals surface area contributed by atoms with Gasteiger partial charge in [-0.3, -0.25) is 9.28 Å². The predicted molar refractivity (Wildman–Crippen MR) is 107 cm³/mol. The second-order valence-electron chi connectivity index (χ2n) is 7.61. The third kappa shape index (κ3) is 3.58. The van der Waals surface area contributed by atoms with Crippen LogP contribution in [0.3, 0.4) is 0 Å². The molecule has 1 fully saturated rings. The molecule has 0 unspecified atom stereocenters. The number of nitrogens with one attached hydrogen (secondary N) is 1. The predicted octanol–water partition coefficient (Wildman–Crippen LogP) is 5.05. The summed E-state index contributed by atoms with van der Waals surface area (Å²) >= 11 is 0. The lowest BCUT2D eigenvalue weighted by Gasteiger charge is -2.38. The molecule has 0 spiro atoms.